The van der Waals surface area contributed by atoms with Crippen LogP contribution in [-0.4, -0.2) is 25.7 Å². The second kappa shape index (κ2) is 12.5. The Hall–Kier alpha value is -1.90. The normalized spacial score (nSPS) is 12.7. The Bertz CT molecular complexity index is 605. The molecule has 2 aromatic carbocycles. The Morgan fingerprint density at radius 3 is 2.31 bits per heavy atom. The average Bonchev–Trinajstić information content (AvgIpc) is 2.66. The fraction of sp³-hybridized carbons (Fsp3) is 0.417. The maximum Gasteiger partial charge on any atom is 0.0197 e. The third-order valence-corrected chi connectivity index (χ3v) is 4.44. The lowest BCUT2D eigenvalue weighted by Gasteiger charge is -2.20. The van der Waals surface area contributed by atoms with Gasteiger partial charge in [-0.2, -0.15) is 0 Å². The summed E-state index contributed by atoms with van der Waals surface area (Å²) in [6, 6.07) is 21.7. The Labute approximate surface area is 159 Å². The summed E-state index contributed by atoms with van der Waals surface area (Å²) in [6.45, 7) is 7.61. The fourth-order valence-electron chi connectivity index (χ4n) is 3.14. The lowest BCUT2D eigenvalue weighted by molar-refractivity contribution is 0.409. The highest BCUT2D eigenvalue weighted by Gasteiger charge is 2.09. The smallest absolute Gasteiger partial charge is 0.0197 e. The molecule has 1 atom stereocenters. The van der Waals surface area contributed by atoms with Gasteiger partial charge in [-0.3, -0.25) is 0 Å². The summed E-state index contributed by atoms with van der Waals surface area (Å²) in [4.78, 5) is 0. The highest BCUT2D eigenvalue weighted by molar-refractivity contribution is 5.48. The lowest BCUT2D eigenvalue weighted by atomic mass is 10.0. The molecule has 0 aliphatic rings. The second-order valence-electron chi connectivity index (χ2n) is 7.34. The van der Waals surface area contributed by atoms with Crippen molar-refractivity contribution in [3.05, 3.63) is 77.9 Å². The first-order valence-electron chi connectivity index (χ1n) is 9.93. The van der Waals surface area contributed by atoms with Crippen molar-refractivity contribution in [3.8, 4) is 0 Å². The Morgan fingerprint density at radius 2 is 1.62 bits per heavy atom. The lowest BCUT2D eigenvalue weighted by Crippen LogP contribution is -2.40. The van der Waals surface area contributed by atoms with Crippen molar-refractivity contribution in [1.82, 2.24) is 10.6 Å². The number of hydrogen-bond acceptors (Lipinski definition) is 2. The molecule has 0 saturated heterocycles. The third-order valence-electron chi connectivity index (χ3n) is 4.44. The molecule has 140 valence electrons. The maximum absolute atomic E-state index is 3.68. The first-order chi connectivity index (χ1) is 12.7. The van der Waals surface area contributed by atoms with Crippen molar-refractivity contribution in [1.29, 1.82) is 0 Å². The summed E-state index contributed by atoms with van der Waals surface area (Å²) in [7, 11) is 0. The van der Waals surface area contributed by atoms with Crippen LogP contribution in [0.4, 0.5) is 0 Å². The van der Waals surface area contributed by atoms with Gasteiger partial charge in [-0.15, -0.1) is 0 Å². The van der Waals surface area contributed by atoms with Crippen LogP contribution in [0.5, 0.6) is 0 Å². The van der Waals surface area contributed by atoms with E-state index in [4.69, 9.17) is 0 Å². The molecule has 0 aliphatic carbocycles. The van der Waals surface area contributed by atoms with Gasteiger partial charge in [0.1, 0.15) is 0 Å². The van der Waals surface area contributed by atoms with Crippen molar-refractivity contribution in [2.45, 2.75) is 39.2 Å². The van der Waals surface area contributed by atoms with Gasteiger partial charge in [-0.05, 0) is 42.9 Å². The van der Waals surface area contributed by atoms with Crippen LogP contribution in [0.2, 0.25) is 0 Å². The average molecular weight is 351 g/mol. The van der Waals surface area contributed by atoms with E-state index in [0.29, 0.717) is 12.0 Å². The zero-order chi connectivity index (χ0) is 18.5. The van der Waals surface area contributed by atoms with E-state index in [9.17, 15) is 0 Å². The Balaban J connectivity index is 1.65. The van der Waals surface area contributed by atoms with Gasteiger partial charge in [0.05, 0.1) is 0 Å². The highest BCUT2D eigenvalue weighted by Crippen LogP contribution is 2.05. The minimum atomic E-state index is 0.521. The van der Waals surface area contributed by atoms with Gasteiger partial charge in [0.2, 0.25) is 0 Å². The van der Waals surface area contributed by atoms with Crippen LogP contribution >= 0.6 is 0 Å². The predicted octanol–water partition coefficient (Wildman–Crippen LogP) is 4.93. The standard InChI is InChI=1S/C24H34N2/c1-21(2)19-24(26-18-10-16-23-13-7-4-8-14-23)20-25-17-9-15-22-11-5-3-6-12-22/h3-8,10-14,16,21,24-26H,9,15,17-20H2,1-2H3. The van der Waals surface area contributed by atoms with Gasteiger partial charge in [0, 0.05) is 19.1 Å². The van der Waals surface area contributed by atoms with Crippen LogP contribution in [0, 0.1) is 5.92 Å². The molecule has 2 nitrogen and oxygen atoms in total. The molecule has 1 unspecified atom stereocenters. The molecule has 0 bridgehead atoms. The zero-order valence-electron chi connectivity index (χ0n) is 16.3. The number of rotatable bonds is 12. The molecule has 2 N–H and O–H groups in total. The van der Waals surface area contributed by atoms with Crippen LogP contribution in [0.3, 0.4) is 0 Å². The summed E-state index contributed by atoms with van der Waals surface area (Å²) in [5.74, 6) is 0.705. The van der Waals surface area contributed by atoms with E-state index in [0.717, 1.165) is 26.1 Å². The molecule has 2 heteroatoms. The van der Waals surface area contributed by atoms with Gasteiger partial charge in [0.25, 0.3) is 0 Å². The summed E-state index contributed by atoms with van der Waals surface area (Å²) < 4.78 is 0. The molecule has 0 amide bonds. The summed E-state index contributed by atoms with van der Waals surface area (Å²) in [5.41, 5.74) is 2.69. The molecular weight excluding hydrogens is 316 g/mol. The minimum Gasteiger partial charge on any atom is -0.315 e. The maximum atomic E-state index is 3.68. The van der Waals surface area contributed by atoms with E-state index in [1.54, 1.807) is 0 Å². The van der Waals surface area contributed by atoms with E-state index in [2.05, 4.69) is 97.3 Å². The number of benzene rings is 2. The van der Waals surface area contributed by atoms with Gasteiger partial charge >= 0.3 is 0 Å². The summed E-state index contributed by atoms with van der Waals surface area (Å²) in [5, 5.41) is 7.31. The monoisotopic (exact) mass is 350 g/mol. The fourth-order valence-corrected chi connectivity index (χ4v) is 3.14. The molecule has 0 radical (unpaired) electrons. The van der Waals surface area contributed by atoms with E-state index in [-0.39, 0.29) is 0 Å². The second-order valence-corrected chi connectivity index (χ2v) is 7.34. The molecule has 26 heavy (non-hydrogen) atoms. The molecule has 0 aliphatic heterocycles. The van der Waals surface area contributed by atoms with Crippen molar-refractivity contribution < 1.29 is 0 Å². The molecule has 0 heterocycles. The van der Waals surface area contributed by atoms with E-state index >= 15 is 0 Å². The molecule has 0 fully saturated rings. The largest absolute Gasteiger partial charge is 0.315 e. The SMILES string of the molecule is CC(C)CC(CNCCCc1ccccc1)NCC=Cc1ccccc1. The molecule has 0 spiro atoms. The zero-order valence-corrected chi connectivity index (χ0v) is 16.3. The highest BCUT2D eigenvalue weighted by atomic mass is 15.0. The van der Waals surface area contributed by atoms with Crippen molar-refractivity contribution in [3.63, 3.8) is 0 Å². The van der Waals surface area contributed by atoms with Crippen LogP contribution in [-0.2, 0) is 6.42 Å². The molecular formula is C24H34N2. The Kier molecular flexibility index (Phi) is 9.78. The molecule has 0 aromatic heterocycles. The van der Waals surface area contributed by atoms with Gasteiger partial charge < -0.3 is 10.6 Å². The number of nitrogens with one attached hydrogen (secondary N) is 2. The van der Waals surface area contributed by atoms with Crippen LogP contribution in [0.1, 0.15) is 37.8 Å². The van der Waals surface area contributed by atoms with E-state index < -0.39 is 0 Å². The Morgan fingerprint density at radius 1 is 0.923 bits per heavy atom. The van der Waals surface area contributed by atoms with E-state index in [1.165, 1.54) is 24.0 Å². The van der Waals surface area contributed by atoms with E-state index in [1.807, 2.05) is 0 Å². The summed E-state index contributed by atoms with van der Waals surface area (Å²) in [6.07, 6.45) is 7.94. The first-order valence-corrected chi connectivity index (χ1v) is 9.93. The molecule has 2 rings (SSSR count). The van der Waals surface area contributed by atoms with Crippen LogP contribution in [0.15, 0.2) is 66.7 Å². The minimum absolute atomic E-state index is 0.521. The van der Waals surface area contributed by atoms with Crippen molar-refractivity contribution in [2.24, 2.45) is 5.92 Å². The van der Waals surface area contributed by atoms with Gasteiger partial charge in [0.15, 0.2) is 0 Å². The van der Waals surface area contributed by atoms with Gasteiger partial charge in [-0.1, -0.05) is 86.7 Å². The predicted molar refractivity (Wildman–Crippen MR) is 114 cm³/mol. The van der Waals surface area contributed by atoms with Gasteiger partial charge in [-0.25, -0.2) is 0 Å². The molecule has 0 saturated carbocycles. The summed E-state index contributed by atoms with van der Waals surface area (Å²) >= 11 is 0. The van der Waals surface area contributed by atoms with Crippen molar-refractivity contribution in [2.75, 3.05) is 19.6 Å². The van der Waals surface area contributed by atoms with Crippen LogP contribution in [0.25, 0.3) is 6.08 Å². The number of hydrogen-bond donors (Lipinski definition) is 2. The number of aryl methyl sites for hydroxylation is 1. The molecule has 2 aromatic rings. The first kappa shape index (κ1) is 20.4. The quantitative estimate of drug-likeness (QED) is 0.531. The third kappa shape index (κ3) is 8.98. The van der Waals surface area contributed by atoms with Crippen LogP contribution < -0.4 is 10.6 Å². The van der Waals surface area contributed by atoms with Crippen molar-refractivity contribution >= 4 is 6.08 Å². The topological polar surface area (TPSA) is 24.1 Å².